The van der Waals surface area contributed by atoms with Gasteiger partial charge in [-0.25, -0.2) is 0 Å². The van der Waals surface area contributed by atoms with Crippen LogP contribution in [0.3, 0.4) is 0 Å². The largest absolute Gasteiger partial charge is 0.482 e. The molecule has 0 atom stereocenters. The van der Waals surface area contributed by atoms with Crippen LogP contribution in [0, 0.1) is 0 Å². The van der Waals surface area contributed by atoms with E-state index < -0.39 is 0 Å². The van der Waals surface area contributed by atoms with Gasteiger partial charge in [-0.05, 0) is 105 Å². The molecule has 0 saturated heterocycles. The molecular weight excluding hydrogens is 570 g/mol. The lowest BCUT2D eigenvalue weighted by atomic mass is 10.00. The fraction of sp³-hybridized carbons (Fsp3) is 0.371. The van der Waals surface area contributed by atoms with E-state index in [1.807, 2.05) is 40.1 Å². The molecule has 1 saturated carbocycles. The molecule has 0 bridgehead atoms. The second-order valence-electron chi connectivity index (χ2n) is 12.0. The van der Waals surface area contributed by atoms with Crippen molar-refractivity contribution in [2.24, 2.45) is 5.73 Å². The maximum Gasteiger partial charge on any atom is 0.262 e. The van der Waals surface area contributed by atoms with E-state index in [1.165, 1.54) is 0 Å². The lowest BCUT2D eigenvalue weighted by molar-refractivity contribution is -0.119. The predicted molar refractivity (Wildman–Crippen MR) is 172 cm³/mol. The molecule has 0 aromatic heterocycles. The number of hydrogen-bond acceptors (Lipinski definition) is 6. The van der Waals surface area contributed by atoms with Crippen molar-refractivity contribution in [3.8, 4) is 5.75 Å². The number of amides is 4. The zero-order valence-electron chi connectivity index (χ0n) is 25.3. The number of rotatable bonds is 11. The van der Waals surface area contributed by atoms with Gasteiger partial charge in [-0.1, -0.05) is 18.6 Å². The maximum absolute atomic E-state index is 13.5. The third kappa shape index (κ3) is 7.17. The fourth-order valence-electron chi connectivity index (χ4n) is 5.95. The molecule has 1 aliphatic carbocycles. The first-order valence-electron chi connectivity index (χ1n) is 15.8. The number of aryl methyl sites for hydroxylation is 1. The number of nitrogens with zero attached hydrogens (tertiary/aromatic N) is 2. The first-order chi connectivity index (χ1) is 21.9. The average molecular weight is 610 g/mol. The van der Waals surface area contributed by atoms with Crippen LogP contribution in [-0.4, -0.2) is 54.3 Å². The Labute approximate surface area is 262 Å². The summed E-state index contributed by atoms with van der Waals surface area (Å²) in [7, 11) is 0. The molecule has 10 nitrogen and oxygen atoms in total. The van der Waals surface area contributed by atoms with Crippen LogP contribution in [0.1, 0.15) is 76.8 Å². The second kappa shape index (κ2) is 13.5. The van der Waals surface area contributed by atoms with Gasteiger partial charge < -0.3 is 30.9 Å². The third-order valence-corrected chi connectivity index (χ3v) is 8.53. The van der Waals surface area contributed by atoms with Crippen LogP contribution in [-0.2, 0) is 22.6 Å². The lowest BCUT2D eigenvalue weighted by Gasteiger charge is -2.30. The first kappa shape index (κ1) is 30.3. The van der Waals surface area contributed by atoms with Crippen LogP contribution in [0.5, 0.6) is 5.75 Å². The topological polar surface area (TPSA) is 134 Å². The summed E-state index contributed by atoms with van der Waals surface area (Å²) in [6.07, 6.45) is 6.90. The summed E-state index contributed by atoms with van der Waals surface area (Å²) in [4.78, 5) is 54.8. The number of anilines is 3. The van der Waals surface area contributed by atoms with Crippen molar-refractivity contribution < 1.29 is 23.9 Å². The second-order valence-corrected chi connectivity index (χ2v) is 12.0. The number of hydrogen-bond donors (Lipinski definition) is 3. The van der Waals surface area contributed by atoms with Crippen molar-refractivity contribution in [1.29, 1.82) is 0 Å². The summed E-state index contributed by atoms with van der Waals surface area (Å²) in [6, 6.07) is 18.3. The molecule has 2 aliphatic heterocycles. The van der Waals surface area contributed by atoms with Gasteiger partial charge in [-0.15, -0.1) is 0 Å². The van der Waals surface area contributed by atoms with Crippen LogP contribution in [0.15, 0.2) is 60.7 Å². The summed E-state index contributed by atoms with van der Waals surface area (Å²) in [6.45, 7) is 1.72. The van der Waals surface area contributed by atoms with Gasteiger partial charge in [0, 0.05) is 48.1 Å². The van der Waals surface area contributed by atoms with Gasteiger partial charge in [0.2, 0.25) is 5.91 Å². The number of ether oxygens (including phenoxy) is 1. The predicted octanol–water partition coefficient (Wildman–Crippen LogP) is 4.87. The number of fused-ring (bicyclic) bond motifs is 2. The molecular formula is C35H39N5O5. The third-order valence-electron chi connectivity index (χ3n) is 8.53. The molecule has 4 amide bonds. The van der Waals surface area contributed by atoms with E-state index in [1.54, 1.807) is 30.3 Å². The van der Waals surface area contributed by atoms with Crippen LogP contribution in [0.4, 0.5) is 17.1 Å². The van der Waals surface area contributed by atoms with E-state index in [2.05, 4.69) is 10.6 Å². The minimum atomic E-state index is -0.221. The van der Waals surface area contributed by atoms with E-state index >= 15 is 0 Å². The Balaban J connectivity index is 1.08. The molecule has 3 aromatic carbocycles. The van der Waals surface area contributed by atoms with E-state index in [0.717, 1.165) is 61.8 Å². The molecule has 3 aromatic rings. The van der Waals surface area contributed by atoms with Crippen LogP contribution in [0.2, 0.25) is 0 Å². The molecule has 3 aliphatic rings. The van der Waals surface area contributed by atoms with Gasteiger partial charge in [0.1, 0.15) is 5.75 Å². The Bertz CT molecular complexity index is 1600. The molecule has 234 valence electrons. The van der Waals surface area contributed by atoms with Gasteiger partial charge in [-0.2, -0.15) is 0 Å². The van der Waals surface area contributed by atoms with Crippen molar-refractivity contribution in [3.63, 3.8) is 0 Å². The molecule has 0 radical (unpaired) electrons. The van der Waals surface area contributed by atoms with Crippen molar-refractivity contribution in [2.75, 3.05) is 35.2 Å². The molecule has 45 heavy (non-hydrogen) atoms. The zero-order valence-corrected chi connectivity index (χ0v) is 25.3. The normalized spacial score (nSPS) is 15.3. The quantitative estimate of drug-likeness (QED) is 0.266. The monoisotopic (exact) mass is 609 g/mol. The Morgan fingerprint density at radius 2 is 1.78 bits per heavy atom. The van der Waals surface area contributed by atoms with Crippen LogP contribution < -0.4 is 26.0 Å². The summed E-state index contributed by atoms with van der Waals surface area (Å²) in [5.41, 5.74) is 10.8. The van der Waals surface area contributed by atoms with Gasteiger partial charge in [0.15, 0.2) is 6.61 Å². The SMILES string of the molecule is NCCCCCC(=O)N1CCCc2cc(NC(=O)c3ccc(CN(C(=O)c4ccc5c(c4)OCC(=O)N5)C4CC4)cc3)ccc21. The number of benzene rings is 3. The summed E-state index contributed by atoms with van der Waals surface area (Å²) >= 11 is 0. The lowest BCUT2D eigenvalue weighted by Crippen LogP contribution is -2.35. The number of nitrogens with two attached hydrogens (primary N) is 1. The molecule has 6 rings (SSSR count). The Kier molecular flexibility index (Phi) is 9.11. The van der Waals surface area contributed by atoms with Crippen LogP contribution in [0.25, 0.3) is 0 Å². The van der Waals surface area contributed by atoms with Gasteiger partial charge in [-0.3, -0.25) is 19.2 Å². The number of carbonyl (C=O) groups is 4. The summed E-state index contributed by atoms with van der Waals surface area (Å²) < 4.78 is 5.50. The average Bonchev–Trinajstić information content (AvgIpc) is 3.90. The number of unbranched alkanes of at least 4 members (excludes halogenated alkanes) is 2. The van der Waals surface area contributed by atoms with E-state index in [0.29, 0.717) is 54.3 Å². The Hall–Kier alpha value is -4.70. The highest BCUT2D eigenvalue weighted by atomic mass is 16.5. The zero-order chi connectivity index (χ0) is 31.3. The van der Waals surface area contributed by atoms with E-state index in [-0.39, 0.29) is 36.3 Å². The fourth-order valence-corrected chi connectivity index (χ4v) is 5.95. The molecule has 2 heterocycles. The van der Waals surface area contributed by atoms with Gasteiger partial charge in [0.25, 0.3) is 17.7 Å². The van der Waals surface area contributed by atoms with Gasteiger partial charge >= 0.3 is 0 Å². The van der Waals surface area contributed by atoms with Crippen molar-refractivity contribution >= 4 is 40.7 Å². The van der Waals surface area contributed by atoms with Crippen LogP contribution >= 0.6 is 0 Å². The van der Waals surface area contributed by atoms with Crippen molar-refractivity contribution in [1.82, 2.24) is 4.90 Å². The minimum absolute atomic E-state index is 0.0702. The smallest absolute Gasteiger partial charge is 0.262 e. The molecule has 0 unspecified atom stereocenters. The highest BCUT2D eigenvalue weighted by Crippen LogP contribution is 2.34. The number of carbonyl (C=O) groups excluding carboxylic acids is 4. The summed E-state index contributed by atoms with van der Waals surface area (Å²) in [5.74, 6) is 0.0954. The highest BCUT2D eigenvalue weighted by Gasteiger charge is 2.33. The highest BCUT2D eigenvalue weighted by molar-refractivity contribution is 6.05. The van der Waals surface area contributed by atoms with Crippen molar-refractivity contribution in [2.45, 2.75) is 64.0 Å². The summed E-state index contributed by atoms with van der Waals surface area (Å²) in [5, 5.41) is 5.75. The Morgan fingerprint density at radius 1 is 0.978 bits per heavy atom. The standard InChI is InChI=1S/C35H39N5O5/c36-17-3-1-2-6-33(42)39-18-4-5-25-19-27(12-16-30(25)39)37-34(43)24-9-7-23(8-10-24)21-40(28-13-14-28)35(44)26-11-15-29-31(20-26)45-22-32(41)38-29/h7-12,15-16,19-20,28H,1-6,13-14,17-18,21-22,36H2,(H,37,43)(H,38,41). The van der Waals surface area contributed by atoms with Gasteiger partial charge in [0.05, 0.1) is 5.69 Å². The molecule has 0 spiro atoms. The first-order valence-corrected chi connectivity index (χ1v) is 15.8. The Morgan fingerprint density at radius 3 is 2.56 bits per heavy atom. The minimum Gasteiger partial charge on any atom is -0.482 e. The molecule has 4 N–H and O–H groups in total. The van der Waals surface area contributed by atoms with Crippen molar-refractivity contribution in [3.05, 3.63) is 82.9 Å². The van der Waals surface area contributed by atoms with E-state index in [9.17, 15) is 19.2 Å². The molecule has 1 fully saturated rings. The molecule has 10 heteroatoms. The maximum atomic E-state index is 13.5. The number of nitrogens with one attached hydrogen (secondary N) is 2. The van der Waals surface area contributed by atoms with E-state index in [4.69, 9.17) is 10.5 Å².